The molecule has 6 nitrogen and oxygen atoms in total. The van der Waals surface area contributed by atoms with Crippen LogP contribution in [-0.4, -0.2) is 35.2 Å². The van der Waals surface area contributed by atoms with E-state index in [0.717, 1.165) is 0 Å². The van der Waals surface area contributed by atoms with Gasteiger partial charge in [0, 0.05) is 25.0 Å². The van der Waals surface area contributed by atoms with E-state index in [4.69, 9.17) is 0 Å². The van der Waals surface area contributed by atoms with Crippen molar-refractivity contribution in [3.8, 4) is 11.8 Å². The molecule has 0 radical (unpaired) electrons. The van der Waals surface area contributed by atoms with Crippen molar-refractivity contribution in [2.75, 3.05) is 13.6 Å². The summed E-state index contributed by atoms with van der Waals surface area (Å²) in [7, 11) is 1.57. The Morgan fingerprint density at radius 1 is 1.27 bits per heavy atom. The van der Waals surface area contributed by atoms with Gasteiger partial charge in [-0.15, -0.1) is 0 Å². The van der Waals surface area contributed by atoms with Gasteiger partial charge in [0.15, 0.2) is 0 Å². The fraction of sp³-hybridized carbons (Fsp3) is 0.188. The second-order valence-electron chi connectivity index (χ2n) is 4.41. The van der Waals surface area contributed by atoms with Crippen LogP contribution in [0.3, 0.4) is 0 Å². The van der Waals surface area contributed by atoms with E-state index < -0.39 is 0 Å². The van der Waals surface area contributed by atoms with Crippen LogP contribution in [0, 0.1) is 11.8 Å². The van der Waals surface area contributed by atoms with Crippen molar-refractivity contribution in [2.24, 2.45) is 0 Å². The molecule has 2 N–H and O–H groups in total. The van der Waals surface area contributed by atoms with Gasteiger partial charge >= 0.3 is 0 Å². The van der Waals surface area contributed by atoms with Crippen molar-refractivity contribution < 1.29 is 9.59 Å². The Morgan fingerprint density at radius 2 is 2.09 bits per heavy atom. The molecule has 0 unspecified atom stereocenters. The lowest BCUT2D eigenvalue weighted by molar-refractivity contribution is -0.121. The molecule has 2 aromatic rings. The first-order valence-electron chi connectivity index (χ1n) is 6.75. The zero-order valence-corrected chi connectivity index (χ0v) is 12.2. The van der Waals surface area contributed by atoms with Crippen LogP contribution in [0.25, 0.3) is 0 Å². The predicted octanol–water partition coefficient (Wildman–Crippen LogP) is 0.411. The molecule has 2 amide bonds. The number of rotatable bonds is 4. The minimum atomic E-state index is -0.187. The van der Waals surface area contributed by atoms with Crippen LogP contribution in [0.15, 0.2) is 42.7 Å². The molecule has 0 saturated carbocycles. The fourth-order valence-electron chi connectivity index (χ4n) is 1.80. The number of carbonyl (C=O) groups excluding carboxylic acids is 2. The van der Waals surface area contributed by atoms with Gasteiger partial charge in [0.05, 0.1) is 12.1 Å². The smallest absolute Gasteiger partial charge is 0.252 e. The number of nitrogens with one attached hydrogen (secondary N) is 2. The summed E-state index contributed by atoms with van der Waals surface area (Å²) in [6, 6.07) is 8.82. The topological polar surface area (TPSA) is 76.0 Å². The average molecular weight is 296 g/mol. The van der Waals surface area contributed by atoms with Crippen molar-refractivity contribution >= 4 is 11.8 Å². The molecule has 0 aliphatic rings. The number of hydrogen-bond acceptors (Lipinski definition) is 3. The molecule has 0 saturated heterocycles. The molecule has 6 heteroatoms. The van der Waals surface area contributed by atoms with Crippen molar-refractivity contribution in [2.45, 2.75) is 6.54 Å². The third-order valence-corrected chi connectivity index (χ3v) is 2.86. The molecule has 1 aromatic heterocycles. The molecule has 0 aliphatic carbocycles. The van der Waals surface area contributed by atoms with Gasteiger partial charge in [0.1, 0.15) is 6.54 Å². The second-order valence-corrected chi connectivity index (χ2v) is 4.41. The van der Waals surface area contributed by atoms with Gasteiger partial charge in [0.2, 0.25) is 5.91 Å². The SMILES string of the molecule is CNC(=O)c1ccccc1C#CCNC(=O)Cn1cccn1. The van der Waals surface area contributed by atoms with E-state index in [-0.39, 0.29) is 24.9 Å². The maximum atomic E-state index is 11.7. The second kappa shape index (κ2) is 7.64. The number of hydrogen-bond donors (Lipinski definition) is 2. The van der Waals surface area contributed by atoms with Gasteiger partial charge in [-0.1, -0.05) is 24.0 Å². The first-order chi connectivity index (χ1) is 10.7. The Labute approximate surface area is 128 Å². The summed E-state index contributed by atoms with van der Waals surface area (Å²) in [6.07, 6.45) is 3.33. The van der Waals surface area contributed by atoms with Crippen molar-refractivity contribution in [1.82, 2.24) is 20.4 Å². The number of aromatic nitrogens is 2. The van der Waals surface area contributed by atoms with Crippen LogP contribution in [-0.2, 0) is 11.3 Å². The van der Waals surface area contributed by atoms with Gasteiger partial charge in [-0.05, 0) is 18.2 Å². The van der Waals surface area contributed by atoms with Gasteiger partial charge in [-0.2, -0.15) is 5.10 Å². The fourth-order valence-corrected chi connectivity index (χ4v) is 1.80. The third-order valence-electron chi connectivity index (χ3n) is 2.86. The van der Waals surface area contributed by atoms with E-state index in [1.54, 1.807) is 43.7 Å². The van der Waals surface area contributed by atoms with Crippen LogP contribution < -0.4 is 10.6 Å². The average Bonchev–Trinajstić information content (AvgIpc) is 3.04. The first kappa shape index (κ1) is 15.3. The summed E-state index contributed by atoms with van der Waals surface area (Å²) >= 11 is 0. The van der Waals surface area contributed by atoms with Gasteiger partial charge < -0.3 is 10.6 Å². The Kier molecular flexibility index (Phi) is 5.32. The summed E-state index contributed by atoms with van der Waals surface area (Å²) in [4.78, 5) is 23.3. The van der Waals surface area contributed by atoms with Crippen LogP contribution in [0.1, 0.15) is 15.9 Å². The molecular formula is C16H16N4O2. The van der Waals surface area contributed by atoms with E-state index in [1.807, 2.05) is 6.07 Å². The maximum Gasteiger partial charge on any atom is 0.252 e. The van der Waals surface area contributed by atoms with E-state index in [9.17, 15) is 9.59 Å². The Morgan fingerprint density at radius 3 is 2.82 bits per heavy atom. The highest BCUT2D eigenvalue weighted by Gasteiger charge is 2.06. The number of benzene rings is 1. The quantitative estimate of drug-likeness (QED) is 0.802. The number of carbonyl (C=O) groups is 2. The minimum Gasteiger partial charge on any atom is -0.355 e. The third kappa shape index (κ3) is 4.21. The summed E-state index contributed by atoms with van der Waals surface area (Å²) in [5.41, 5.74) is 1.14. The lowest BCUT2D eigenvalue weighted by atomic mass is 10.1. The zero-order chi connectivity index (χ0) is 15.8. The highest BCUT2D eigenvalue weighted by Crippen LogP contribution is 2.06. The van der Waals surface area contributed by atoms with Crippen LogP contribution >= 0.6 is 0 Å². The summed E-state index contributed by atoms with van der Waals surface area (Å²) in [6.45, 7) is 0.367. The normalized spacial score (nSPS) is 9.50. The van der Waals surface area contributed by atoms with E-state index in [1.165, 1.54) is 4.68 Å². The molecule has 0 atom stereocenters. The Balaban J connectivity index is 1.91. The summed E-state index contributed by atoms with van der Waals surface area (Å²) in [5, 5.41) is 9.20. The van der Waals surface area contributed by atoms with Gasteiger partial charge in [-0.3, -0.25) is 14.3 Å². The van der Waals surface area contributed by atoms with E-state index >= 15 is 0 Å². The van der Waals surface area contributed by atoms with Crippen LogP contribution in [0.2, 0.25) is 0 Å². The van der Waals surface area contributed by atoms with E-state index in [2.05, 4.69) is 27.6 Å². The highest BCUT2D eigenvalue weighted by molar-refractivity contribution is 5.96. The Hall–Kier alpha value is -3.07. The highest BCUT2D eigenvalue weighted by atomic mass is 16.2. The first-order valence-corrected chi connectivity index (χ1v) is 6.75. The molecule has 1 aromatic carbocycles. The molecule has 2 rings (SSSR count). The number of nitrogens with zero attached hydrogens (tertiary/aromatic N) is 2. The molecule has 0 bridgehead atoms. The monoisotopic (exact) mass is 296 g/mol. The largest absolute Gasteiger partial charge is 0.355 e. The van der Waals surface area contributed by atoms with Crippen LogP contribution in [0.4, 0.5) is 0 Å². The van der Waals surface area contributed by atoms with Crippen molar-refractivity contribution in [3.05, 3.63) is 53.9 Å². The Bertz CT molecular complexity index is 711. The molecule has 112 valence electrons. The van der Waals surface area contributed by atoms with Crippen molar-refractivity contribution in [1.29, 1.82) is 0 Å². The zero-order valence-electron chi connectivity index (χ0n) is 12.2. The molecular weight excluding hydrogens is 280 g/mol. The molecule has 0 spiro atoms. The number of amides is 2. The standard InChI is InChI=1S/C16H16N4O2/c1-17-16(22)14-8-3-2-6-13(14)7-4-9-18-15(21)12-20-11-5-10-19-20/h2-3,5-6,8,10-11H,9,12H2,1H3,(H,17,22)(H,18,21). The van der Waals surface area contributed by atoms with E-state index in [0.29, 0.717) is 11.1 Å². The molecule has 0 fully saturated rings. The molecule has 22 heavy (non-hydrogen) atoms. The van der Waals surface area contributed by atoms with Gasteiger partial charge in [0.25, 0.3) is 5.91 Å². The van der Waals surface area contributed by atoms with Crippen LogP contribution in [0.5, 0.6) is 0 Å². The van der Waals surface area contributed by atoms with Crippen molar-refractivity contribution in [3.63, 3.8) is 0 Å². The van der Waals surface area contributed by atoms with Gasteiger partial charge in [-0.25, -0.2) is 0 Å². The molecule has 1 heterocycles. The maximum absolute atomic E-state index is 11.7. The lowest BCUT2D eigenvalue weighted by Gasteiger charge is -2.02. The summed E-state index contributed by atoms with van der Waals surface area (Å²) < 4.78 is 1.53. The summed E-state index contributed by atoms with van der Waals surface area (Å²) in [5.74, 6) is 5.38. The lowest BCUT2D eigenvalue weighted by Crippen LogP contribution is -2.28. The predicted molar refractivity (Wildman–Crippen MR) is 81.9 cm³/mol. The molecule has 0 aliphatic heterocycles. The minimum absolute atomic E-state index is 0.156.